The molecular formula is C18H29F3O. The molecule has 2 atom stereocenters. The fourth-order valence-corrected chi connectivity index (χ4v) is 5.21. The summed E-state index contributed by atoms with van der Waals surface area (Å²) < 4.78 is 40.5. The fraction of sp³-hybridized carbons (Fsp3) is 1.00. The predicted octanol–water partition coefficient (Wildman–Crippen LogP) is 4.77. The summed E-state index contributed by atoms with van der Waals surface area (Å²) in [4.78, 5) is 0. The van der Waals surface area contributed by atoms with Gasteiger partial charge in [0, 0.05) is 0 Å². The lowest BCUT2D eigenvalue weighted by molar-refractivity contribution is -0.00788. The van der Waals surface area contributed by atoms with Gasteiger partial charge in [0.1, 0.15) is 12.3 Å². The van der Waals surface area contributed by atoms with Crippen molar-refractivity contribution in [3.8, 4) is 0 Å². The number of aliphatic hydroxyl groups is 1. The van der Waals surface area contributed by atoms with E-state index < -0.39 is 18.5 Å². The van der Waals surface area contributed by atoms with Gasteiger partial charge in [-0.05, 0) is 87.9 Å². The van der Waals surface area contributed by atoms with Gasteiger partial charge in [-0.25, -0.2) is 13.2 Å². The molecule has 0 aromatic rings. The summed E-state index contributed by atoms with van der Waals surface area (Å²) >= 11 is 0. The molecule has 0 spiro atoms. The van der Waals surface area contributed by atoms with Crippen LogP contribution in [0.3, 0.4) is 0 Å². The number of rotatable bonds is 2. The third-order valence-electron chi connectivity index (χ3n) is 6.64. The monoisotopic (exact) mass is 318 g/mol. The van der Waals surface area contributed by atoms with Crippen LogP contribution in [0.1, 0.15) is 64.2 Å². The van der Waals surface area contributed by atoms with E-state index in [1.165, 1.54) is 0 Å². The van der Waals surface area contributed by atoms with Gasteiger partial charge >= 0.3 is 0 Å². The zero-order valence-electron chi connectivity index (χ0n) is 13.3. The van der Waals surface area contributed by atoms with Crippen molar-refractivity contribution in [1.29, 1.82) is 0 Å². The molecule has 4 heteroatoms. The van der Waals surface area contributed by atoms with E-state index in [-0.39, 0.29) is 24.9 Å². The van der Waals surface area contributed by atoms with Gasteiger partial charge in [0.15, 0.2) is 6.17 Å². The Morgan fingerprint density at radius 3 is 1.36 bits per heavy atom. The molecule has 1 N–H and O–H groups in total. The van der Waals surface area contributed by atoms with E-state index in [2.05, 4.69) is 0 Å². The van der Waals surface area contributed by atoms with Crippen LogP contribution >= 0.6 is 0 Å². The minimum absolute atomic E-state index is 0.0335. The molecule has 0 aromatic carbocycles. The van der Waals surface area contributed by atoms with Crippen LogP contribution in [0.5, 0.6) is 0 Å². The van der Waals surface area contributed by atoms with Crippen molar-refractivity contribution < 1.29 is 18.3 Å². The summed E-state index contributed by atoms with van der Waals surface area (Å²) in [5, 5.41) is 9.61. The first-order valence-electron chi connectivity index (χ1n) is 9.15. The molecule has 0 saturated heterocycles. The minimum Gasteiger partial charge on any atom is -0.393 e. The van der Waals surface area contributed by atoms with E-state index in [0.717, 1.165) is 63.2 Å². The number of halogens is 3. The lowest BCUT2D eigenvalue weighted by Crippen LogP contribution is -2.40. The van der Waals surface area contributed by atoms with Gasteiger partial charge in [-0.15, -0.1) is 0 Å². The second kappa shape index (κ2) is 7.11. The van der Waals surface area contributed by atoms with Gasteiger partial charge in [-0.1, -0.05) is 0 Å². The van der Waals surface area contributed by atoms with Crippen molar-refractivity contribution in [3.63, 3.8) is 0 Å². The Kier molecular flexibility index (Phi) is 5.36. The van der Waals surface area contributed by atoms with Gasteiger partial charge < -0.3 is 5.11 Å². The Bertz CT molecular complexity index is 336. The molecule has 22 heavy (non-hydrogen) atoms. The zero-order valence-corrected chi connectivity index (χ0v) is 13.3. The van der Waals surface area contributed by atoms with Crippen molar-refractivity contribution in [2.45, 2.75) is 88.8 Å². The minimum atomic E-state index is -1.90. The molecule has 3 fully saturated rings. The van der Waals surface area contributed by atoms with E-state index in [0.29, 0.717) is 5.92 Å². The maximum absolute atomic E-state index is 13.6. The Morgan fingerprint density at radius 1 is 0.545 bits per heavy atom. The van der Waals surface area contributed by atoms with Crippen molar-refractivity contribution in [2.24, 2.45) is 23.7 Å². The zero-order chi connectivity index (χ0) is 15.7. The molecule has 0 bridgehead atoms. The Balaban J connectivity index is 1.47. The molecule has 128 valence electrons. The first-order valence-corrected chi connectivity index (χ1v) is 9.15. The quantitative estimate of drug-likeness (QED) is 0.777. The maximum atomic E-state index is 13.6. The molecule has 0 amide bonds. The molecule has 0 aromatic heterocycles. The summed E-state index contributed by atoms with van der Waals surface area (Å²) in [7, 11) is 0. The van der Waals surface area contributed by atoms with Crippen molar-refractivity contribution in [1.82, 2.24) is 0 Å². The lowest BCUT2D eigenvalue weighted by Gasteiger charge is -2.41. The van der Waals surface area contributed by atoms with Crippen molar-refractivity contribution >= 4 is 0 Å². The highest BCUT2D eigenvalue weighted by atomic mass is 19.2. The number of alkyl halides is 3. The molecule has 0 heterocycles. The largest absolute Gasteiger partial charge is 0.393 e. The third kappa shape index (κ3) is 3.63. The van der Waals surface area contributed by atoms with Gasteiger partial charge in [-0.2, -0.15) is 0 Å². The second-order valence-electron chi connectivity index (χ2n) is 7.95. The number of hydrogen-bond donors (Lipinski definition) is 1. The number of aliphatic hydroxyl groups excluding tert-OH is 1. The highest BCUT2D eigenvalue weighted by molar-refractivity contribution is 4.91. The molecule has 3 saturated carbocycles. The average Bonchev–Trinajstić information content (AvgIpc) is 2.53. The summed E-state index contributed by atoms with van der Waals surface area (Å²) in [5.41, 5.74) is 0. The molecule has 0 radical (unpaired) electrons. The van der Waals surface area contributed by atoms with Crippen LogP contribution in [0.4, 0.5) is 13.2 Å². The fourth-order valence-electron chi connectivity index (χ4n) is 5.21. The van der Waals surface area contributed by atoms with Crippen LogP contribution in [-0.2, 0) is 0 Å². The van der Waals surface area contributed by atoms with Crippen molar-refractivity contribution in [2.75, 3.05) is 0 Å². The lowest BCUT2D eigenvalue weighted by atomic mass is 9.66. The highest BCUT2D eigenvalue weighted by Crippen LogP contribution is 2.45. The van der Waals surface area contributed by atoms with Crippen LogP contribution in [0.15, 0.2) is 0 Å². The van der Waals surface area contributed by atoms with Crippen molar-refractivity contribution in [3.05, 3.63) is 0 Å². The van der Waals surface area contributed by atoms with E-state index in [1.807, 2.05) is 0 Å². The van der Waals surface area contributed by atoms with E-state index in [9.17, 15) is 18.3 Å². The second-order valence-corrected chi connectivity index (χ2v) is 7.95. The Labute approximate surface area is 131 Å². The normalized spacial score (nSPS) is 50.7. The molecule has 0 aliphatic heterocycles. The van der Waals surface area contributed by atoms with Crippen LogP contribution in [0, 0.1) is 23.7 Å². The molecule has 2 unspecified atom stereocenters. The molecular weight excluding hydrogens is 289 g/mol. The molecule has 3 aliphatic rings. The summed E-state index contributed by atoms with van der Waals surface area (Å²) in [5.74, 6) is 1.87. The van der Waals surface area contributed by atoms with Crippen LogP contribution < -0.4 is 0 Å². The van der Waals surface area contributed by atoms with E-state index >= 15 is 0 Å². The van der Waals surface area contributed by atoms with Gasteiger partial charge in [-0.3, -0.25) is 0 Å². The van der Waals surface area contributed by atoms with Gasteiger partial charge in [0.2, 0.25) is 0 Å². The highest BCUT2D eigenvalue weighted by Gasteiger charge is 2.42. The first kappa shape index (κ1) is 16.6. The molecule has 3 rings (SSSR count). The van der Waals surface area contributed by atoms with E-state index in [4.69, 9.17) is 0 Å². The van der Waals surface area contributed by atoms with E-state index in [1.54, 1.807) is 0 Å². The first-order chi connectivity index (χ1) is 10.5. The van der Waals surface area contributed by atoms with Crippen LogP contribution in [0.25, 0.3) is 0 Å². The average molecular weight is 318 g/mol. The van der Waals surface area contributed by atoms with Gasteiger partial charge in [0.25, 0.3) is 0 Å². The Hall–Kier alpha value is -0.250. The molecule has 3 aliphatic carbocycles. The van der Waals surface area contributed by atoms with Crippen LogP contribution in [0.2, 0.25) is 0 Å². The summed E-state index contributed by atoms with van der Waals surface area (Å²) in [6.45, 7) is 0. The number of hydrogen-bond acceptors (Lipinski definition) is 1. The summed E-state index contributed by atoms with van der Waals surface area (Å²) in [6, 6.07) is 0. The topological polar surface area (TPSA) is 20.2 Å². The van der Waals surface area contributed by atoms with Gasteiger partial charge in [0.05, 0.1) is 6.10 Å². The summed E-state index contributed by atoms with van der Waals surface area (Å²) in [6.07, 6.45) is 3.71. The van der Waals surface area contributed by atoms with Crippen LogP contribution in [-0.4, -0.2) is 29.7 Å². The maximum Gasteiger partial charge on any atom is 0.162 e. The third-order valence-corrected chi connectivity index (χ3v) is 6.64. The molecule has 1 nitrogen and oxygen atoms in total. The smallest absolute Gasteiger partial charge is 0.162 e. The Morgan fingerprint density at radius 2 is 0.909 bits per heavy atom. The predicted molar refractivity (Wildman–Crippen MR) is 80.8 cm³/mol. The standard InChI is InChI=1S/C18H29F3O/c19-16-9-14(10-17(20)18(16)21)13-3-1-11(2-4-13)12-5-7-15(22)8-6-12/h11-18,22H,1-10H2. The SMILES string of the molecule is OC1CCC(C2CCC(C3CC(F)C(F)C(F)C3)CC2)CC1.